The van der Waals surface area contributed by atoms with Gasteiger partial charge in [0.1, 0.15) is 11.6 Å². The second-order valence-electron chi connectivity index (χ2n) is 6.47. The van der Waals surface area contributed by atoms with Crippen molar-refractivity contribution in [2.24, 2.45) is 10.8 Å². The maximum atomic E-state index is 12.3. The first-order valence-electron chi connectivity index (χ1n) is 6.73. The van der Waals surface area contributed by atoms with Gasteiger partial charge in [0.25, 0.3) is 0 Å². The standard InChI is InChI=1S/C17H24O2/c1-13(18)11-15(19)17(4,5)16(2,3)12-14-9-7-6-8-10-14/h6-10H,11-12H2,1-5H3. The third-order valence-corrected chi connectivity index (χ3v) is 4.29. The average molecular weight is 260 g/mol. The molecule has 0 atom stereocenters. The zero-order valence-corrected chi connectivity index (χ0v) is 12.6. The fourth-order valence-electron chi connectivity index (χ4n) is 2.15. The van der Waals surface area contributed by atoms with Crippen LogP contribution >= 0.6 is 0 Å². The number of hydrogen-bond donors (Lipinski definition) is 0. The summed E-state index contributed by atoms with van der Waals surface area (Å²) in [5.41, 5.74) is 0.506. The Bertz CT molecular complexity index is 455. The molecule has 1 rings (SSSR count). The van der Waals surface area contributed by atoms with Gasteiger partial charge < -0.3 is 0 Å². The lowest BCUT2D eigenvalue weighted by Gasteiger charge is -2.40. The molecule has 0 aliphatic rings. The lowest BCUT2D eigenvalue weighted by molar-refractivity contribution is -0.136. The van der Waals surface area contributed by atoms with Crippen molar-refractivity contribution >= 4 is 11.6 Å². The van der Waals surface area contributed by atoms with Gasteiger partial charge in [-0.2, -0.15) is 0 Å². The van der Waals surface area contributed by atoms with Crippen LogP contribution in [-0.2, 0) is 16.0 Å². The van der Waals surface area contributed by atoms with Gasteiger partial charge in [-0.3, -0.25) is 9.59 Å². The summed E-state index contributed by atoms with van der Waals surface area (Å²) in [5, 5.41) is 0. The molecule has 1 aromatic rings. The van der Waals surface area contributed by atoms with Gasteiger partial charge in [-0.15, -0.1) is 0 Å². The van der Waals surface area contributed by atoms with Gasteiger partial charge in [-0.05, 0) is 24.3 Å². The average Bonchev–Trinajstić information content (AvgIpc) is 2.28. The van der Waals surface area contributed by atoms with Crippen LogP contribution in [0.2, 0.25) is 0 Å². The van der Waals surface area contributed by atoms with E-state index in [9.17, 15) is 9.59 Å². The van der Waals surface area contributed by atoms with E-state index in [-0.39, 0.29) is 23.4 Å². The fourth-order valence-corrected chi connectivity index (χ4v) is 2.15. The Hall–Kier alpha value is -1.44. The zero-order valence-electron chi connectivity index (χ0n) is 12.6. The molecule has 104 valence electrons. The Balaban J connectivity index is 2.91. The monoisotopic (exact) mass is 260 g/mol. The van der Waals surface area contributed by atoms with Crippen LogP contribution in [0.5, 0.6) is 0 Å². The Morgan fingerprint density at radius 3 is 2.00 bits per heavy atom. The summed E-state index contributed by atoms with van der Waals surface area (Å²) in [5.74, 6) is -0.0329. The topological polar surface area (TPSA) is 34.1 Å². The largest absolute Gasteiger partial charge is 0.300 e. The quantitative estimate of drug-likeness (QED) is 0.728. The van der Waals surface area contributed by atoms with Crippen LogP contribution in [0.25, 0.3) is 0 Å². The van der Waals surface area contributed by atoms with E-state index in [1.165, 1.54) is 12.5 Å². The highest BCUT2D eigenvalue weighted by molar-refractivity contribution is 6.00. The molecule has 0 bridgehead atoms. The van der Waals surface area contributed by atoms with Crippen LogP contribution < -0.4 is 0 Å². The zero-order chi connectivity index (χ0) is 14.7. The van der Waals surface area contributed by atoms with Crippen molar-refractivity contribution < 1.29 is 9.59 Å². The molecule has 1 aromatic carbocycles. The van der Waals surface area contributed by atoms with Crippen LogP contribution in [0.1, 0.15) is 46.6 Å². The number of benzene rings is 1. The van der Waals surface area contributed by atoms with Crippen LogP contribution in [0.4, 0.5) is 0 Å². The third-order valence-electron chi connectivity index (χ3n) is 4.29. The summed E-state index contributed by atoms with van der Waals surface area (Å²) in [6.45, 7) is 9.55. The first-order valence-corrected chi connectivity index (χ1v) is 6.73. The van der Waals surface area contributed by atoms with Gasteiger partial charge in [0.05, 0.1) is 6.42 Å². The first-order chi connectivity index (χ1) is 8.67. The van der Waals surface area contributed by atoms with Gasteiger partial charge in [0, 0.05) is 5.41 Å². The molecule has 2 heteroatoms. The predicted molar refractivity (Wildman–Crippen MR) is 78.0 cm³/mol. The molecule has 0 aromatic heterocycles. The van der Waals surface area contributed by atoms with Gasteiger partial charge >= 0.3 is 0 Å². The van der Waals surface area contributed by atoms with Crippen molar-refractivity contribution in [3.05, 3.63) is 35.9 Å². The maximum absolute atomic E-state index is 12.3. The lowest BCUT2D eigenvalue weighted by atomic mass is 9.62. The SMILES string of the molecule is CC(=O)CC(=O)C(C)(C)C(C)(C)Cc1ccccc1. The van der Waals surface area contributed by atoms with Crippen molar-refractivity contribution in [3.8, 4) is 0 Å². The third kappa shape index (κ3) is 3.76. The molecular formula is C17H24O2. The van der Waals surface area contributed by atoms with E-state index in [1.807, 2.05) is 32.0 Å². The van der Waals surface area contributed by atoms with Gasteiger partial charge in [0.15, 0.2) is 0 Å². The second kappa shape index (κ2) is 5.68. The highest BCUT2D eigenvalue weighted by Crippen LogP contribution is 2.42. The lowest BCUT2D eigenvalue weighted by Crippen LogP contribution is -2.41. The molecule has 0 aliphatic carbocycles. The summed E-state index contributed by atoms with van der Waals surface area (Å²) >= 11 is 0. The van der Waals surface area contributed by atoms with Gasteiger partial charge in [-0.25, -0.2) is 0 Å². The second-order valence-corrected chi connectivity index (χ2v) is 6.47. The predicted octanol–water partition coefficient (Wildman–Crippen LogP) is 3.83. The number of carbonyl (C=O) groups excluding carboxylic acids is 2. The van der Waals surface area contributed by atoms with E-state index in [4.69, 9.17) is 0 Å². The van der Waals surface area contributed by atoms with Gasteiger partial charge in [-0.1, -0.05) is 58.0 Å². The van der Waals surface area contributed by atoms with E-state index in [1.54, 1.807) is 0 Å². The van der Waals surface area contributed by atoms with Crippen molar-refractivity contribution in [2.45, 2.75) is 47.5 Å². The fraction of sp³-hybridized carbons (Fsp3) is 0.529. The highest BCUT2D eigenvalue weighted by atomic mass is 16.1. The minimum Gasteiger partial charge on any atom is -0.300 e. The number of Topliss-reactive ketones (excluding diaryl/α,β-unsaturated/α-hetero) is 2. The Kier molecular flexibility index (Phi) is 4.67. The summed E-state index contributed by atoms with van der Waals surface area (Å²) in [6.07, 6.45) is 0.857. The molecule has 0 saturated heterocycles. The molecule has 0 unspecified atom stereocenters. The number of hydrogen-bond acceptors (Lipinski definition) is 2. The first kappa shape index (κ1) is 15.6. The summed E-state index contributed by atoms with van der Waals surface area (Å²) in [7, 11) is 0. The normalized spacial score (nSPS) is 12.3. The van der Waals surface area contributed by atoms with Gasteiger partial charge in [0.2, 0.25) is 0 Å². The van der Waals surface area contributed by atoms with Crippen LogP contribution in [0, 0.1) is 10.8 Å². The molecular weight excluding hydrogens is 236 g/mol. The molecule has 0 heterocycles. The molecule has 0 amide bonds. The molecule has 19 heavy (non-hydrogen) atoms. The highest BCUT2D eigenvalue weighted by Gasteiger charge is 2.42. The van der Waals surface area contributed by atoms with E-state index >= 15 is 0 Å². The Morgan fingerprint density at radius 1 is 1.00 bits per heavy atom. The Labute approximate surface area is 116 Å². The van der Waals surface area contributed by atoms with Crippen molar-refractivity contribution in [1.82, 2.24) is 0 Å². The molecule has 0 radical (unpaired) electrons. The maximum Gasteiger partial charge on any atom is 0.146 e. The van der Waals surface area contributed by atoms with E-state index in [0.717, 1.165) is 6.42 Å². The summed E-state index contributed by atoms with van der Waals surface area (Å²) in [4.78, 5) is 23.5. The number of carbonyl (C=O) groups is 2. The summed E-state index contributed by atoms with van der Waals surface area (Å²) < 4.78 is 0. The summed E-state index contributed by atoms with van der Waals surface area (Å²) in [6, 6.07) is 10.2. The minimum atomic E-state index is -0.519. The van der Waals surface area contributed by atoms with E-state index < -0.39 is 5.41 Å². The van der Waals surface area contributed by atoms with Crippen molar-refractivity contribution in [2.75, 3.05) is 0 Å². The molecule has 0 spiro atoms. The van der Waals surface area contributed by atoms with Crippen LogP contribution in [-0.4, -0.2) is 11.6 Å². The minimum absolute atomic E-state index is 0.0286. The molecule has 0 saturated carbocycles. The van der Waals surface area contributed by atoms with Crippen LogP contribution in [0.15, 0.2) is 30.3 Å². The number of rotatable bonds is 6. The Morgan fingerprint density at radius 2 is 1.53 bits per heavy atom. The molecule has 0 fully saturated rings. The van der Waals surface area contributed by atoms with E-state index in [0.29, 0.717) is 0 Å². The molecule has 0 N–H and O–H groups in total. The molecule has 0 aliphatic heterocycles. The van der Waals surface area contributed by atoms with E-state index in [2.05, 4.69) is 26.0 Å². The molecule has 2 nitrogen and oxygen atoms in total. The van der Waals surface area contributed by atoms with Crippen molar-refractivity contribution in [3.63, 3.8) is 0 Å². The smallest absolute Gasteiger partial charge is 0.146 e. The van der Waals surface area contributed by atoms with Crippen molar-refractivity contribution in [1.29, 1.82) is 0 Å². The number of ketones is 2. The van der Waals surface area contributed by atoms with Crippen LogP contribution in [0.3, 0.4) is 0 Å².